The Labute approximate surface area is 156 Å². The van der Waals surface area contributed by atoms with Crippen molar-refractivity contribution >= 4 is 38.3 Å². The van der Waals surface area contributed by atoms with Crippen molar-refractivity contribution in [3.05, 3.63) is 70.7 Å². The number of carbonyl (C=O) groups excluding carboxylic acids is 1. The molecule has 0 heterocycles. The largest absolute Gasteiger partial charge is 0.483 e. The van der Waals surface area contributed by atoms with Crippen LogP contribution in [0.2, 0.25) is 0 Å². The Kier molecular flexibility index (Phi) is 5.39. The molecule has 0 fully saturated rings. The van der Waals surface area contributed by atoms with Gasteiger partial charge in [-0.05, 0) is 56.4 Å². The van der Waals surface area contributed by atoms with Crippen molar-refractivity contribution in [3.63, 3.8) is 0 Å². The Bertz CT molecular complexity index is 888. The summed E-state index contributed by atoms with van der Waals surface area (Å²) in [5.74, 6) is 0.944. The molecule has 128 valence electrons. The molecule has 0 aliphatic rings. The Hall–Kier alpha value is -2.33. The van der Waals surface area contributed by atoms with Gasteiger partial charge in [-0.3, -0.25) is 4.79 Å². The van der Waals surface area contributed by atoms with Crippen molar-refractivity contribution in [2.24, 2.45) is 0 Å². The molecule has 0 aliphatic heterocycles. The Morgan fingerprint density at radius 2 is 1.76 bits per heavy atom. The van der Waals surface area contributed by atoms with Crippen molar-refractivity contribution in [2.75, 3.05) is 11.9 Å². The van der Waals surface area contributed by atoms with Gasteiger partial charge in [0.05, 0.1) is 4.47 Å². The number of nitrogens with one attached hydrogen (secondary N) is 1. The molecule has 3 aromatic carbocycles. The van der Waals surface area contributed by atoms with Gasteiger partial charge in [0.1, 0.15) is 5.75 Å². The van der Waals surface area contributed by atoms with E-state index in [1.165, 1.54) is 5.56 Å². The lowest BCUT2D eigenvalue weighted by molar-refractivity contribution is -0.118. The first-order valence-corrected chi connectivity index (χ1v) is 9.04. The average molecular weight is 398 g/mol. The minimum absolute atomic E-state index is 0.0388. The van der Waals surface area contributed by atoms with E-state index in [1.807, 2.05) is 60.7 Å². The highest BCUT2D eigenvalue weighted by Gasteiger charge is 2.09. The molecule has 25 heavy (non-hydrogen) atoms. The van der Waals surface area contributed by atoms with Gasteiger partial charge in [0, 0.05) is 5.69 Å². The summed E-state index contributed by atoms with van der Waals surface area (Å²) in [4.78, 5) is 12.1. The van der Waals surface area contributed by atoms with E-state index in [-0.39, 0.29) is 12.5 Å². The molecular weight excluding hydrogens is 378 g/mol. The second kappa shape index (κ2) is 7.70. The maximum atomic E-state index is 12.1. The smallest absolute Gasteiger partial charge is 0.262 e. The van der Waals surface area contributed by atoms with Gasteiger partial charge in [-0.25, -0.2) is 0 Å². The van der Waals surface area contributed by atoms with Crippen LogP contribution in [0.25, 0.3) is 10.8 Å². The number of benzene rings is 3. The Balaban J connectivity index is 1.63. The van der Waals surface area contributed by atoms with Crippen molar-refractivity contribution in [1.29, 1.82) is 0 Å². The summed E-state index contributed by atoms with van der Waals surface area (Å²) >= 11 is 3.56. The molecule has 0 unspecified atom stereocenters. The van der Waals surface area contributed by atoms with Crippen molar-refractivity contribution in [1.82, 2.24) is 0 Å². The third-order valence-electron chi connectivity index (χ3n) is 4.05. The fraction of sp³-hybridized carbons (Fsp3) is 0.190. The number of hydrogen-bond donors (Lipinski definition) is 1. The van der Waals surface area contributed by atoms with Crippen LogP contribution < -0.4 is 10.1 Å². The minimum atomic E-state index is -0.183. The first-order valence-electron chi connectivity index (χ1n) is 8.24. The fourth-order valence-electron chi connectivity index (χ4n) is 2.62. The van der Waals surface area contributed by atoms with Gasteiger partial charge in [-0.2, -0.15) is 0 Å². The first-order chi connectivity index (χ1) is 12.0. The van der Waals surface area contributed by atoms with E-state index in [0.29, 0.717) is 11.7 Å². The van der Waals surface area contributed by atoms with E-state index in [0.717, 1.165) is 20.9 Å². The van der Waals surface area contributed by atoms with Gasteiger partial charge in [-0.1, -0.05) is 56.3 Å². The fourth-order valence-corrected chi connectivity index (χ4v) is 3.22. The van der Waals surface area contributed by atoms with Crippen LogP contribution in [0.3, 0.4) is 0 Å². The molecule has 0 atom stereocenters. The zero-order chi connectivity index (χ0) is 17.8. The summed E-state index contributed by atoms with van der Waals surface area (Å²) in [6, 6.07) is 19.8. The molecular formula is C21H20BrNO2. The highest BCUT2D eigenvalue weighted by atomic mass is 79.9. The third-order valence-corrected chi connectivity index (χ3v) is 4.87. The highest BCUT2D eigenvalue weighted by molar-refractivity contribution is 9.10. The number of hydrogen-bond acceptors (Lipinski definition) is 2. The molecule has 0 aliphatic carbocycles. The van der Waals surface area contributed by atoms with Crippen LogP contribution in [0.1, 0.15) is 25.3 Å². The summed E-state index contributed by atoms with van der Waals surface area (Å²) in [5.41, 5.74) is 2.02. The lowest BCUT2D eigenvalue weighted by Crippen LogP contribution is -2.20. The number of ether oxygens (including phenoxy) is 1. The molecule has 0 saturated heterocycles. The number of anilines is 1. The van der Waals surface area contributed by atoms with Gasteiger partial charge >= 0.3 is 0 Å². The second-order valence-electron chi connectivity index (χ2n) is 6.21. The Morgan fingerprint density at radius 3 is 2.48 bits per heavy atom. The van der Waals surface area contributed by atoms with Crippen LogP contribution in [-0.4, -0.2) is 12.5 Å². The molecule has 4 heteroatoms. The molecule has 3 aromatic rings. The molecule has 1 amide bonds. The number of amides is 1. The first kappa shape index (κ1) is 17.5. The maximum Gasteiger partial charge on any atom is 0.262 e. The van der Waals surface area contributed by atoms with Crippen LogP contribution >= 0.6 is 15.9 Å². The van der Waals surface area contributed by atoms with Gasteiger partial charge in [0.25, 0.3) is 5.91 Å². The predicted molar refractivity (Wildman–Crippen MR) is 106 cm³/mol. The van der Waals surface area contributed by atoms with Crippen LogP contribution in [0.4, 0.5) is 5.69 Å². The molecule has 0 spiro atoms. The van der Waals surface area contributed by atoms with E-state index in [4.69, 9.17) is 4.74 Å². The molecule has 3 rings (SSSR count). The molecule has 1 N–H and O–H groups in total. The van der Waals surface area contributed by atoms with Crippen LogP contribution in [0.5, 0.6) is 5.75 Å². The van der Waals surface area contributed by atoms with Gasteiger partial charge < -0.3 is 10.1 Å². The quantitative estimate of drug-likeness (QED) is 0.595. The third kappa shape index (κ3) is 4.20. The van der Waals surface area contributed by atoms with Crippen LogP contribution in [0, 0.1) is 0 Å². The average Bonchev–Trinajstić information content (AvgIpc) is 2.62. The standard InChI is InChI=1S/C21H20BrNO2/c1-14(2)15-7-10-17(11-8-15)23-20(24)13-25-19-12-9-16-5-3-4-6-18(16)21(19)22/h3-12,14H,13H2,1-2H3,(H,23,24). The highest BCUT2D eigenvalue weighted by Crippen LogP contribution is 2.33. The summed E-state index contributed by atoms with van der Waals surface area (Å²) in [5, 5.41) is 5.04. The van der Waals surface area contributed by atoms with E-state index < -0.39 is 0 Å². The molecule has 0 aromatic heterocycles. The van der Waals surface area contributed by atoms with Gasteiger partial charge in [0.15, 0.2) is 6.61 Å². The number of rotatable bonds is 5. The summed E-state index contributed by atoms with van der Waals surface area (Å²) in [6.07, 6.45) is 0. The number of halogens is 1. The SMILES string of the molecule is CC(C)c1ccc(NC(=O)COc2ccc3ccccc3c2Br)cc1. The summed E-state index contributed by atoms with van der Waals surface area (Å²) in [7, 11) is 0. The Morgan fingerprint density at radius 1 is 1.04 bits per heavy atom. The lowest BCUT2D eigenvalue weighted by atomic mass is 10.0. The van der Waals surface area contributed by atoms with E-state index >= 15 is 0 Å². The molecule has 0 radical (unpaired) electrons. The van der Waals surface area contributed by atoms with Gasteiger partial charge in [0.2, 0.25) is 0 Å². The van der Waals surface area contributed by atoms with E-state index in [2.05, 4.69) is 35.1 Å². The molecule has 0 saturated carbocycles. The van der Waals surface area contributed by atoms with E-state index in [9.17, 15) is 4.79 Å². The summed E-state index contributed by atoms with van der Waals surface area (Å²) < 4.78 is 6.54. The minimum Gasteiger partial charge on any atom is -0.483 e. The number of fused-ring (bicyclic) bond motifs is 1. The normalized spacial score (nSPS) is 10.9. The van der Waals surface area contributed by atoms with Crippen molar-refractivity contribution < 1.29 is 9.53 Å². The topological polar surface area (TPSA) is 38.3 Å². The van der Waals surface area contributed by atoms with Gasteiger partial charge in [-0.15, -0.1) is 0 Å². The maximum absolute atomic E-state index is 12.1. The molecule has 0 bridgehead atoms. The zero-order valence-electron chi connectivity index (χ0n) is 14.3. The molecule has 3 nitrogen and oxygen atoms in total. The lowest BCUT2D eigenvalue weighted by Gasteiger charge is -2.11. The van der Waals surface area contributed by atoms with Crippen molar-refractivity contribution in [2.45, 2.75) is 19.8 Å². The predicted octanol–water partition coefficient (Wildman–Crippen LogP) is 5.74. The zero-order valence-corrected chi connectivity index (χ0v) is 15.8. The summed E-state index contributed by atoms with van der Waals surface area (Å²) in [6.45, 7) is 4.24. The van der Waals surface area contributed by atoms with Crippen molar-refractivity contribution in [3.8, 4) is 5.75 Å². The second-order valence-corrected chi connectivity index (χ2v) is 7.01. The monoisotopic (exact) mass is 397 g/mol. The van der Waals surface area contributed by atoms with Crippen LogP contribution in [-0.2, 0) is 4.79 Å². The number of carbonyl (C=O) groups is 1. The van der Waals surface area contributed by atoms with Crippen LogP contribution in [0.15, 0.2) is 65.1 Å². The van der Waals surface area contributed by atoms with E-state index in [1.54, 1.807) is 0 Å².